The van der Waals surface area contributed by atoms with Crippen LogP contribution in [0.5, 0.6) is 0 Å². The standard InChI is InChI=1S/C13H13ClFNO5S/c1-3-22(19,20)16-12-10(17)11(18)13(2,21-12)8-5-4-7(15)6-9(8)14/h4-6,16-17H,3H2,1-2H3. The van der Waals surface area contributed by atoms with Gasteiger partial charge in [-0.3, -0.25) is 9.52 Å². The third-order valence-corrected chi connectivity index (χ3v) is 4.81. The Balaban J connectivity index is 2.42. The number of ketones is 1. The van der Waals surface area contributed by atoms with Crippen LogP contribution in [0.15, 0.2) is 29.8 Å². The third kappa shape index (κ3) is 2.76. The van der Waals surface area contributed by atoms with E-state index in [1.165, 1.54) is 19.9 Å². The average molecular weight is 350 g/mol. The van der Waals surface area contributed by atoms with Gasteiger partial charge >= 0.3 is 0 Å². The fourth-order valence-electron chi connectivity index (χ4n) is 1.96. The molecule has 1 aliphatic rings. The van der Waals surface area contributed by atoms with Crippen LogP contribution in [0.3, 0.4) is 0 Å². The first-order chi connectivity index (χ1) is 10.1. The molecule has 0 amide bonds. The lowest BCUT2D eigenvalue weighted by atomic mass is 9.91. The molecule has 22 heavy (non-hydrogen) atoms. The minimum Gasteiger partial charge on any atom is -0.501 e. The Hall–Kier alpha value is -1.80. The summed E-state index contributed by atoms with van der Waals surface area (Å²) in [7, 11) is -3.75. The number of Topliss-reactive ketones (excluding diaryl/α,β-unsaturated/α-hetero) is 1. The number of rotatable bonds is 4. The van der Waals surface area contributed by atoms with E-state index in [-0.39, 0.29) is 16.3 Å². The Kier molecular flexibility index (Phi) is 4.09. The number of hydrogen-bond donors (Lipinski definition) is 2. The molecule has 2 N–H and O–H groups in total. The lowest BCUT2D eigenvalue weighted by Crippen LogP contribution is -2.33. The van der Waals surface area contributed by atoms with E-state index in [1.54, 1.807) is 0 Å². The van der Waals surface area contributed by atoms with E-state index >= 15 is 0 Å². The maximum absolute atomic E-state index is 13.1. The molecule has 120 valence electrons. The van der Waals surface area contributed by atoms with Gasteiger partial charge in [0, 0.05) is 5.56 Å². The van der Waals surface area contributed by atoms with Gasteiger partial charge in [-0.1, -0.05) is 17.7 Å². The van der Waals surface area contributed by atoms with Gasteiger partial charge in [0.15, 0.2) is 0 Å². The second kappa shape index (κ2) is 5.44. The quantitative estimate of drug-likeness (QED) is 0.866. The van der Waals surface area contributed by atoms with Gasteiger partial charge in [0.05, 0.1) is 10.8 Å². The minimum atomic E-state index is -3.75. The number of ether oxygens (including phenoxy) is 1. The number of hydrogen-bond acceptors (Lipinski definition) is 5. The summed E-state index contributed by atoms with van der Waals surface area (Å²) in [6.07, 6.45) is 0. The molecule has 1 atom stereocenters. The SMILES string of the molecule is CCS(=O)(=O)NC1=C(O)C(=O)C(C)(c2ccc(F)cc2Cl)O1. The molecule has 0 radical (unpaired) electrons. The zero-order valence-electron chi connectivity index (χ0n) is 11.7. The molecule has 1 aromatic rings. The van der Waals surface area contributed by atoms with Gasteiger partial charge in [0.25, 0.3) is 5.78 Å². The second-order valence-corrected chi connectivity index (χ2v) is 7.19. The van der Waals surface area contributed by atoms with E-state index in [0.29, 0.717) is 0 Å². The molecule has 9 heteroatoms. The summed E-state index contributed by atoms with van der Waals surface area (Å²) in [4.78, 5) is 12.2. The van der Waals surface area contributed by atoms with E-state index in [2.05, 4.69) is 0 Å². The molecule has 1 heterocycles. The van der Waals surface area contributed by atoms with Gasteiger partial charge in [-0.05, 0) is 26.0 Å². The lowest BCUT2D eigenvalue weighted by Gasteiger charge is -2.24. The summed E-state index contributed by atoms with van der Waals surface area (Å²) >= 11 is 5.91. The van der Waals surface area contributed by atoms with E-state index in [1.807, 2.05) is 4.72 Å². The minimum absolute atomic E-state index is 0.0803. The number of benzene rings is 1. The lowest BCUT2D eigenvalue weighted by molar-refractivity contribution is -0.131. The van der Waals surface area contributed by atoms with Crippen molar-refractivity contribution in [2.75, 3.05) is 5.75 Å². The van der Waals surface area contributed by atoms with Crippen molar-refractivity contribution in [2.45, 2.75) is 19.4 Å². The van der Waals surface area contributed by atoms with Crippen LogP contribution in [0, 0.1) is 5.82 Å². The molecule has 0 aliphatic carbocycles. The molecule has 0 saturated heterocycles. The van der Waals surface area contributed by atoms with Gasteiger partial charge in [0.2, 0.25) is 27.3 Å². The van der Waals surface area contributed by atoms with Crippen LogP contribution >= 0.6 is 11.6 Å². The van der Waals surface area contributed by atoms with Crippen LogP contribution in [-0.4, -0.2) is 25.1 Å². The number of aliphatic hydroxyl groups is 1. The Morgan fingerprint density at radius 3 is 2.64 bits per heavy atom. The van der Waals surface area contributed by atoms with Crippen molar-refractivity contribution in [2.24, 2.45) is 0 Å². The molecule has 1 unspecified atom stereocenters. The van der Waals surface area contributed by atoms with E-state index in [9.17, 15) is 22.7 Å². The molecule has 0 saturated carbocycles. The number of aliphatic hydroxyl groups excluding tert-OH is 1. The fourth-order valence-corrected chi connectivity index (χ4v) is 2.88. The van der Waals surface area contributed by atoms with Crippen LogP contribution in [0.2, 0.25) is 5.02 Å². The van der Waals surface area contributed by atoms with Crippen molar-refractivity contribution in [3.05, 3.63) is 46.2 Å². The predicted octanol–water partition coefficient (Wildman–Crippen LogP) is 1.96. The third-order valence-electron chi connectivity index (χ3n) is 3.24. The van der Waals surface area contributed by atoms with Crippen LogP contribution in [0.1, 0.15) is 19.4 Å². The number of nitrogens with one attached hydrogen (secondary N) is 1. The van der Waals surface area contributed by atoms with Crippen molar-refractivity contribution in [1.82, 2.24) is 4.72 Å². The summed E-state index contributed by atoms with van der Waals surface area (Å²) < 4.78 is 43.5. The first kappa shape index (κ1) is 16.6. The highest BCUT2D eigenvalue weighted by Gasteiger charge is 2.49. The first-order valence-corrected chi connectivity index (χ1v) is 8.27. The Labute approximate surface area is 131 Å². The van der Waals surface area contributed by atoms with Crippen molar-refractivity contribution in [3.8, 4) is 0 Å². The zero-order chi connectivity index (χ0) is 16.7. The van der Waals surface area contributed by atoms with Crippen LogP contribution in [-0.2, 0) is 25.2 Å². The molecular formula is C13H13ClFNO5S. The summed E-state index contributed by atoms with van der Waals surface area (Å²) in [6.45, 7) is 2.69. The van der Waals surface area contributed by atoms with E-state index in [4.69, 9.17) is 16.3 Å². The first-order valence-electron chi connectivity index (χ1n) is 6.24. The van der Waals surface area contributed by atoms with Gasteiger partial charge < -0.3 is 9.84 Å². The highest BCUT2D eigenvalue weighted by molar-refractivity contribution is 7.89. The average Bonchev–Trinajstić information content (AvgIpc) is 2.63. The molecule has 0 fully saturated rings. The van der Waals surface area contributed by atoms with Gasteiger partial charge in [-0.25, -0.2) is 12.8 Å². The van der Waals surface area contributed by atoms with Gasteiger partial charge in [0.1, 0.15) is 5.82 Å². The summed E-state index contributed by atoms with van der Waals surface area (Å²) in [5.41, 5.74) is -1.64. The molecular weight excluding hydrogens is 337 g/mol. The van der Waals surface area contributed by atoms with Crippen molar-refractivity contribution in [1.29, 1.82) is 0 Å². The fraction of sp³-hybridized carbons (Fsp3) is 0.308. The van der Waals surface area contributed by atoms with Crippen LogP contribution < -0.4 is 4.72 Å². The summed E-state index contributed by atoms with van der Waals surface area (Å²) in [5, 5.41) is 9.74. The Morgan fingerprint density at radius 2 is 2.09 bits per heavy atom. The number of halogens is 2. The van der Waals surface area contributed by atoms with E-state index in [0.717, 1.165) is 12.1 Å². The molecule has 0 bridgehead atoms. The summed E-state index contributed by atoms with van der Waals surface area (Å²) in [5.74, 6) is -3.19. The number of carbonyl (C=O) groups excluding carboxylic acids is 1. The van der Waals surface area contributed by atoms with E-state index < -0.39 is 38.9 Å². The highest BCUT2D eigenvalue weighted by Crippen LogP contribution is 2.40. The normalized spacial score (nSPS) is 21.9. The molecule has 6 nitrogen and oxygen atoms in total. The maximum atomic E-state index is 13.1. The monoisotopic (exact) mass is 349 g/mol. The molecule has 0 spiro atoms. The largest absolute Gasteiger partial charge is 0.501 e. The number of carbonyl (C=O) groups is 1. The van der Waals surface area contributed by atoms with Crippen molar-refractivity contribution in [3.63, 3.8) is 0 Å². The molecule has 1 aromatic carbocycles. The highest BCUT2D eigenvalue weighted by atomic mass is 35.5. The molecule has 0 aromatic heterocycles. The van der Waals surface area contributed by atoms with Crippen LogP contribution in [0.25, 0.3) is 0 Å². The van der Waals surface area contributed by atoms with Gasteiger partial charge in [-0.2, -0.15) is 0 Å². The van der Waals surface area contributed by atoms with Gasteiger partial charge in [-0.15, -0.1) is 0 Å². The van der Waals surface area contributed by atoms with Crippen LogP contribution in [0.4, 0.5) is 4.39 Å². The smallest absolute Gasteiger partial charge is 0.250 e. The van der Waals surface area contributed by atoms with Crippen molar-refractivity contribution < 1.29 is 27.4 Å². The Morgan fingerprint density at radius 1 is 1.45 bits per heavy atom. The maximum Gasteiger partial charge on any atom is 0.250 e. The topological polar surface area (TPSA) is 92.7 Å². The number of sulfonamides is 1. The second-order valence-electron chi connectivity index (χ2n) is 4.77. The zero-order valence-corrected chi connectivity index (χ0v) is 13.3. The molecule has 2 rings (SSSR count). The summed E-state index contributed by atoms with van der Waals surface area (Å²) in [6, 6.07) is 3.30. The molecule has 1 aliphatic heterocycles. The van der Waals surface area contributed by atoms with Crippen molar-refractivity contribution >= 4 is 27.4 Å². The predicted molar refractivity (Wildman–Crippen MR) is 77.1 cm³/mol. The Bertz CT molecular complexity index is 777.